The molecule has 3 heteroatoms. The summed E-state index contributed by atoms with van der Waals surface area (Å²) < 4.78 is 1.03. The molecule has 2 aromatic rings. The summed E-state index contributed by atoms with van der Waals surface area (Å²) in [6.07, 6.45) is 0.973. The largest absolute Gasteiger partial charge is 0.334 e. The number of halogens is 1. The fourth-order valence-electron chi connectivity index (χ4n) is 3.47. The van der Waals surface area contributed by atoms with Crippen LogP contribution in [0.2, 0.25) is 0 Å². The maximum absolute atomic E-state index is 12.5. The molecular weight excluding hydrogens is 314 g/mol. The van der Waals surface area contributed by atoms with E-state index in [0.29, 0.717) is 0 Å². The van der Waals surface area contributed by atoms with Gasteiger partial charge in [0.05, 0.1) is 12.0 Å². The third-order valence-electron chi connectivity index (χ3n) is 4.44. The first-order valence-corrected chi connectivity index (χ1v) is 7.69. The second-order valence-corrected chi connectivity index (χ2v) is 6.28. The van der Waals surface area contributed by atoms with Gasteiger partial charge in [0.2, 0.25) is 5.91 Å². The van der Waals surface area contributed by atoms with Gasteiger partial charge in [-0.2, -0.15) is 0 Å². The minimum atomic E-state index is -0.0352. The van der Waals surface area contributed by atoms with Crippen molar-refractivity contribution in [2.24, 2.45) is 0 Å². The summed E-state index contributed by atoms with van der Waals surface area (Å²) >= 11 is 3.58. The Balaban J connectivity index is 1.81. The van der Waals surface area contributed by atoms with Crippen molar-refractivity contribution in [1.29, 1.82) is 0 Å². The van der Waals surface area contributed by atoms with Gasteiger partial charge in [-0.05, 0) is 29.2 Å². The lowest BCUT2D eigenvalue weighted by Crippen LogP contribution is -2.56. The fraction of sp³-hybridized carbons (Fsp3) is 0.235. The number of carbonyl (C=O) groups excluding carboxylic acids is 1. The number of hydrogen-bond acceptors (Lipinski definition) is 1. The van der Waals surface area contributed by atoms with Gasteiger partial charge in [0.15, 0.2) is 0 Å². The molecule has 0 aromatic heterocycles. The van der Waals surface area contributed by atoms with Crippen molar-refractivity contribution < 1.29 is 4.79 Å². The highest BCUT2D eigenvalue weighted by Gasteiger charge is 2.51. The Morgan fingerprint density at radius 2 is 1.70 bits per heavy atom. The molecule has 100 valence electrons. The number of benzene rings is 2. The summed E-state index contributed by atoms with van der Waals surface area (Å²) in [6, 6.07) is 16.8. The summed E-state index contributed by atoms with van der Waals surface area (Å²) in [6.45, 7) is 0.849. The predicted octanol–water partition coefficient (Wildman–Crippen LogP) is 3.67. The summed E-state index contributed by atoms with van der Waals surface area (Å²) in [5.74, 6) is 0.225. The number of carbonyl (C=O) groups is 1. The van der Waals surface area contributed by atoms with Gasteiger partial charge in [-0.15, -0.1) is 0 Å². The van der Waals surface area contributed by atoms with E-state index in [1.165, 1.54) is 11.1 Å². The summed E-state index contributed by atoms with van der Waals surface area (Å²) in [4.78, 5) is 14.5. The first-order chi connectivity index (χ1) is 9.77. The number of β-lactam (4-membered cyclic amide) rings is 1. The van der Waals surface area contributed by atoms with Crippen molar-refractivity contribution in [3.05, 3.63) is 69.7 Å². The van der Waals surface area contributed by atoms with Gasteiger partial charge in [-0.3, -0.25) is 4.79 Å². The highest BCUT2D eigenvalue weighted by atomic mass is 79.9. The van der Waals surface area contributed by atoms with Crippen molar-refractivity contribution in [2.75, 3.05) is 6.54 Å². The average molecular weight is 328 g/mol. The maximum atomic E-state index is 12.5. The highest BCUT2D eigenvalue weighted by molar-refractivity contribution is 9.10. The molecule has 2 aliphatic rings. The van der Waals surface area contributed by atoms with E-state index in [2.05, 4.69) is 46.3 Å². The molecule has 1 amide bonds. The van der Waals surface area contributed by atoms with E-state index in [1.807, 2.05) is 23.1 Å². The zero-order valence-electron chi connectivity index (χ0n) is 10.9. The predicted molar refractivity (Wildman–Crippen MR) is 81.5 cm³/mol. The van der Waals surface area contributed by atoms with Gasteiger partial charge in [-0.1, -0.05) is 58.4 Å². The molecule has 4 rings (SSSR count). The Kier molecular flexibility index (Phi) is 2.71. The second kappa shape index (κ2) is 4.45. The molecule has 2 aromatic carbocycles. The van der Waals surface area contributed by atoms with E-state index in [4.69, 9.17) is 0 Å². The van der Waals surface area contributed by atoms with Crippen LogP contribution in [0.25, 0.3) is 0 Å². The Labute approximate surface area is 126 Å². The normalized spacial score (nSPS) is 23.9. The van der Waals surface area contributed by atoms with E-state index in [9.17, 15) is 4.79 Å². The van der Waals surface area contributed by atoms with E-state index in [-0.39, 0.29) is 17.9 Å². The topological polar surface area (TPSA) is 20.3 Å². The lowest BCUT2D eigenvalue weighted by Gasteiger charge is -2.51. The monoisotopic (exact) mass is 327 g/mol. The summed E-state index contributed by atoms with van der Waals surface area (Å²) in [5, 5.41) is 0. The molecule has 2 nitrogen and oxygen atoms in total. The minimum absolute atomic E-state index is 0.0352. The molecule has 1 saturated heterocycles. The van der Waals surface area contributed by atoms with Crippen molar-refractivity contribution in [2.45, 2.75) is 18.4 Å². The zero-order valence-corrected chi connectivity index (χ0v) is 12.5. The molecule has 0 bridgehead atoms. The van der Waals surface area contributed by atoms with Crippen LogP contribution < -0.4 is 0 Å². The van der Waals surface area contributed by atoms with Gasteiger partial charge in [0, 0.05) is 11.0 Å². The molecule has 2 atom stereocenters. The van der Waals surface area contributed by atoms with Gasteiger partial charge >= 0.3 is 0 Å². The van der Waals surface area contributed by atoms with Crippen LogP contribution in [0.4, 0.5) is 0 Å². The SMILES string of the molecule is O=C1C(c2ccccc2Br)C2c3ccccc3CCN12. The second-order valence-electron chi connectivity index (χ2n) is 5.42. The highest BCUT2D eigenvalue weighted by Crippen LogP contribution is 2.50. The molecule has 0 aliphatic carbocycles. The van der Waals surface area contributed by atoms with Crippen molar-refractivity contribution in [3.8, 4) is 0 Å². The van der Waals surface area contributed by atoms with Crippen LogP contribution in [-0.4, -0.2) is 17.4 Å². The van der Waals surface area contributed by atoms with E-state index in [0.717, 1.165) is 23.0 Å². The number of rotatable bonds is 1. The molecule has 2 heterocycles. The zero-order chi connectivity index (χ0) is 13.7. The van der Waals surface area contributed by atoms with Crippen LogP contribution >= 0.6 is 15.9 Å². The lowest BCUT2D eigenvalue weighted by molar-refractivity contribution is -0.151. The number of fused-ring (bicyclic) bond motifs is 3. The van der Waals surface area contributed by atoms with Gasteiger partial charge in [0.25, 0.3) is 0 Å². The van der Waals surface area contributed by atoms with E-state index < -0.39 is 0 Å². The molecule has 0 N–H and O–H groups in total. The summed E-state index contributed by atoms with van der Waals surface area (Å²) in [7, 11) is 0. The molecule has 2 unspecified atom stereocenters. The molecule has 0 saturated carbocycles. The van der Waals surface area contributed by atoms with E-state index >= 15 is 0 Å². The molecule has 20 heavy (non-hydrogen) atoms. The third kappa shape index (κ3) is 1.59. The van der Waals surface area contributed by atoms with Crippen molar-refractivity contribution >= 4 is 21.8 Å². The minimum Gasteiger partial charge on any atom is -0.334 e. The quantitative estimate of drug-likeness (QED) is 0.732. The number of hydrogen-bond donors (Lipinski definition) is 0. The molecule has 2 aliphatic heterocycles. The van der Waals surface area contributed by atoms with Crippen LogP contribution in [-0.2, 0) is 11.2 Å². The third-order valence-corrected chi connectivity index (χ3v) is 5.16. The Bertz CT molecular complexity index is 697. The first-order valence-electron chi connectivity index (χ1n) is 6.90. The van der Waals surface area contributed by atoms with Crippen molar-refractivity contribution in [1.82, 2.24) is 4.90 Å². The fourth-order valence-corrected chi connectivity index (χ4v) is 4.00. The van der Waals surface area contributed by atoms with Gasteiger partial charge < -0.3 is 4.90 Å². The molecular formula is C17H14BrNO. The van der Waals surface area contributed by atoms with Crippen molar-refractivity contribution in [3.63, 3.8) is 0 Å². The van der Waals surface area contributed by atoms with Crippen LogP contribution in [0.1, 0.15) is 28.7 Å². The van der Waals surface area contributed by atoms with Crippen LogP contribution in [0.5, 0.6) is 0 Å². The standard InChI is InChI=1S/C17H14BrNO/c18-14-8-4-3-7-13(14)15-16-12-6-2-1-5-11(12)9-10-19(16)17(15)20/h1-8,15-16H,9-10H2. The Hall–Kier alpha value is -1.61. The maximum Gasteiger partial charge on any atom is 0.233 e. The van der Waals surface area contributed by atoms with Crippen LogP contribution in [0.15, 0.2) is 53.0 Å². The summed E-state index contributed by atoms with van der Waals surface area (Å²) in [5.41, 5.74) is 3.81. The lowest BCUT2D eigenvalue weighted by atomic mass is 9.74. The molecule has 0 radical (unpaired) electrons. The number of amides is 1. The van der Waals surface area contributed by atoms with E-state index in [1.54, 1.807) is 0 Å². The Morgan fingerprint density at radius 1 is 1.00 bits per heavy atom. The number of nitrogens with zero attached hydrogens (tertiary/aromatic N) is 1. The first kappa shape index (κ1) is 12.2. The van der Waals surface area contributed by atoms with Crippen LogP contribution in [0, 0.1) is 0 Å². The molecule has 0 spiro atoms. The average Bonchev–Trinajstić information content (AvgIpc) is 2.48. The Morgan fingerprint density at radius 3 is 2.50 bits per heavy atom. The molecule has 1 fully saturated rings. The van der Waals surface area contributed by atoms with Gasteiger partial charge in [0.1, 0.15) is 0 Å². The van der Waals surface area contributed by atoms with Gasteiger partial charge in [-0.25, -0.2) is 0 Å². The smallest absolute Gasteiger partial charge is 0.233 e. The van der Waals surface area contributed by atoms with Crippen LogP contribution in [0.3, 0.4) is 0 Å².